The van der Waals surface area contributed by atoms with E-state index in [0.717, 1.165) is 24.9 Å². The van der Waals surface area contributed by atoms with Gasteiger partial charge >= 0.3 is 0 Å². The van der Waals surface area contributed by atoms with E-state index in [1.165, 1.54) is 0 Å². The molecule has 3 rings (SSSR count). The number of ether oxygens (including phenoxy) is 2. The Hall–Kier alpha value is -2.24. The number of carbonyl (C=O) groups is 1. The van der Waals surface area contributed by atoms with E-state index in [1.807, 2.05) is 29.2 Å². The molecule has 0 bridgehead atoms. The first-order valence-electron chi connectivity index (χ1n) is 8.68. The molecule has 0 spiro atoms. The van der Waals surface area contributed by atoms with Crippen molar-refractivity contribution in [1.29, 1.82) is 0 Å². The van der Waals surface area contributed by atoms with E-state index in [-0.39, 0.29) is 11.9 Å². The van der Waals surface area contributed by atoms with Gasteiger partial charge in [0, 0.05) is 29.7 Å². The van der Waals surface area contributed by atoms with Crippen LogP contribution in [0.25, 0.3) is 0 Å². The van der Waals surface area contributed by atoms with Gasteiger partial charge in [-0.3, -0.25) is 4.79 Å². The van der Waals surface area contributed by atoms with Crippen molar-refractivity contribution in [2.45, 2.75) is 25.5 Å². The van der Waals surface area contributed by atoms with Crippen molar-refractivity contribution in [3.63, 3.8) is 0 Å². The molecule has 138 valence electrons. The van der Waals surface area contributed by atoms with Gasteiger partial charge in [-0.1, -0.05) is 23.7 Å². The fraction of sp³-hybridized carbons (Fsp3) is 0.350. The van der Waals surface area contributed by atoms with E-state index in [2.05, 4.69) is 0 Å². The first-order chi connectivity index (χ1) is 12.6. The van der Waals surface area contributed by atoms with Gasteiger partial charge in [-0.05, 0) is 48.7 Å². The van der Waals surface area contributed by atoms with E-state index in [1.54, 1.807) is 25.3 Å². The van der Waals surface area contributed by atoms with Gasteiger partial charge in [-0.15, -0.1) is 0 Å². The molecule has 2 aromatic rings. The number of nitrogens with zero attached hydrogens (tertiary/aromatic N) is 1. The van der Waals surface area contributed by atoms with Crippen LogP contribution >= 0.6 is 11.6 Å². The average molecular weight is 375 g/mol. The van der Waals surface area contributed by atoms with Crippen molar-refractivity contribution in [2.75, 3.05) is 20.2 Å². The third-order valence-electron chi connectivity index (χ3n) is 4.63. The van der Waals surface area contributed by atoms with Gasteiger partial charge in [0.1, 0.15) is 6.61 Å². The molecule has 1 unspecified atom stereocenters. The predicted molar refractivity (Wildman–Crippen MR) is 102 cm³/mol. The highest BCUT2D eigenvalue weighted by molar-refractivity contribution is 6.30. The minimum Gasteiger partial charge on any atom is -0.493 e. The van der Waals surface area contributed by atoms with Gasteiger partial charge in [0.15, 0.2) is 11.5 Å². The molecule has 1 aliphatic heterocycles. The van der Waals surface area contributed by atoms with Crippen LogP contribution in [0.5, 0.6) is 11.5 Å². The van der Waals surface area contributed by atoms with E-state index in [0.29, 0.717) is 35.2 Å². The Morgan fingerprint density at radius 2 is 2.00 bits per heavy atom. The molecule has 2 aromatic carbocycles. The Bertz CT molecular complexity index is 764. The summed E-state index contributed by atoms with van der Waals surface area (Å²) in [6, 6.07) is 12.9. The summed E-state index contributed by atoms with van der Waals surface area (Å²) in [6.07, 6.45) is 1.95. The van der Waals surface area contributed by atoms with Crippen LogP contribution in [0.1, 0.15) is 28.8 Å². The maximum absolute atomic E-state index is 12.8. The summed E-state index contributed by atoms with van der Waals surface area (Å²) in [5.74, 6) is 1.12. The van der Waals surface area contributed by atoms with Crippen LogP contribution in [0.3, 0.4) is 0 Å². The number of rotatable bonds is 6. The minimum absolute atomic E-state index is 0.0134. The number of methoxy groups -OCH3 is 1. The van der Waals surface area contributed by atoms with Gasteiger partial charge in [-0.2, -0.15) is 0 Å². The average Bonchev–Trinajstić information content (AvgIpc) is 3.15. The number of amides is 1. The largest absolute Gasteiger partial charge is 0.493 e. The lowest BCUT2D eigenvalue weighted by atomic mass is 10.1. The number of carbonyl (C=O) groups excluding carboxylic acids is 1. The van der Waals surface area contributed by atoms with Gasteiger partial charge in [0.2, 0.25) is 0 Å². The zero-order valence-corrected chi connectivity index (χ0v) is 15.5. The highest BCUT2D eigenvalue weighted by atomic mass is 35.5. The molecule has 0 aromatic heterocycles. The van der Waals surface area contributed by atoms with Gasteiger partial charge in [0.25, 0.3) is 5.91 Å². The molecule has 6 heteroatoms. The number of benzene rings is 2. The zero-order chi connectivity index (χ0) is 18.5. The summed E-state index contributed by atoms with van der Waals surface area (Å²) in [6.45, 7) is 1.63. The predicted octanol–water partition coefficient (Wildman–Crippen LogP) is 3.49. The molecule has 0 radical (unpaired) electrons. The topological polar surface area (TPSA) is 64.8 Å². The Balaban J connectivity index is 1.72. The smallest absolute Gasteiger partial charge is 0.254 e. The summed E-state index contributed by atoms with van der Waals surface area (Å²) in [5, 5.41) is 0.687. The molecule has 1 atom stereocenters. The van der Waals surface area contributed by atoms with Crippen LogP contribution in [0.2, 0.25) is 5.02 Å². The number of likely N-dealkylation sites (tertiary alicyclic amines) is 1. The van der Waals surface area contributed by atoms with E-state index in [4.69, 9.17) is 26.8 Å². The summed E-state index contributed by atoms with van der Waals surface area (Å²) in [7, 11) is 1.57. The highest BCUT2D eigenvalue weighted by Gasteiger charge is 2.28. The Morgan fingerprint density at radius 3 is 2.69 bits per heavy atom. The molecule has 1 heterocycles. The third kappa shape index (κ3) is 4.11. The second-order valence-electron chi connectivity index (χ2n) is 6.31. The lowest BCUT2D eigenvalue weighted by molar-refractivity contribution is 0.0740. The minimum atomic E-state index is -0.0134. The number of hydrogen-bond acceptors (Lipinski definition) is 4. The van der Waals surface area contributed by atoms with Gasteiger partial charge < -0.3 is 20.1 Å². The number of hydrogen-bond donors (Lipinski definition) is 1. The molecular weight excluding hydrogens is 352 g/mol. The molecule has 5 nitrogen and oxygen atoms in total. The first-order valence-corrected chi connectivity index (χ1v) is 9.06. The van der Waals surface area contributed by atoms with Gasteiger partial charge in [0.05, 0.1) is 7.11 Å². The van der Waals surface area contributed by atoms with Crippen LogP contribution in [-0.4, -0.2) is 37.0 Å². The van der Waals surface area contributed by atoms with Crippen LogP contribution in [0, 0.1) is 0 Å². The highest BCUT2D eigenvalue weighted by Crippen LogP contribution is 2.30. The second-order valence-corrected chi connectivity index (χ2v) is 6.75. The maximum Gasteiger partial charge on any atom is 0.254 e. The molecule has 2 N–H and O–H groups in total. The lowest BCUT2D eigenvalue weighted by Crippen LogP contribution is -2.39. The molecule has 26 heavy (non-hydrogen) atoms. The molecule has 1 amide bonds. The number of nitrogens with two attached hydrogens (primary N) is 1. The molecule has 1 saturated heterocycles. The molecule has 1 aliphatic rings. The fourth-order valence-electron chi connectivity index (χ4n) is 3.18. The normalized spacial score (nSPS) is 16.6. The fourth-order valence-corrected chi connectivity index (χ4v) is 3.30. The van der Waals surface area contributed by atoms with Crippen molar-refractivity contribution in [1.82, 2.24) is 4.90 Å². The molecular formula is C20H23ClN2O3. The first kappa shape index (κ1) is 18.5. The summed E-state index contributed by atoms with van der Waals surface area (Å²) >= 11 is 5.89. The lowest BCUT2D eigenvalue weighted by Gasteiger charge is -2.24. The number of halogens is 1. The van der Waals surface area contributed by atoms with Crippen molar-refractivity contribution in [2.24, 2.45) is 5.73 Å². The summed E-state index contributed by atoms with van der Waals surface area (Å²) in [5.41, 5.74) is 7.36. The Labute approximate surface area is 158 Å². The summed E-state index contributed by atoms with van der Waals surface area (Å²) in [4.78, 5) is 14.6. The maximum atomic E-state index is 12.8. The van der Waals surface area contributed by atoms with Crippen molar-refractivity contribution in [3.8, 4) is 11.5 Å². The Kier molecular flexibility index (Phi) is 6.01. The van der Waals surface area contributed by atoms with Crippen LogP contribution in [0.4, 0.5) is 0 Å². The standard InChI is InChI=1S/C20H23ClN2O3/c1-25-19-11-15(20(24)23-10-2-3-17(23)12-22)6-9-18(19)26-13-14-4-7-16(21)8-5-14/h4-9,11,17H,2-3,10,12-13,22H2,1H3. The van der Waals surface area contributed by atoms with Crippen molar-refractivity contribution < 1.29 is 14.3 Å². The van der Waals surface area contributed by atoms with E-state index in [9.17, 15) is 4.79 Å². The molecule has 0 saturated carbocycles. The zero-order valence-electron chi connectivity index (χ0n) is 14.8. The monoisotopic (exact) mass is 374 g/mol. The molecule has 1 fully saturated rings. The van der Waals surface area contributed by atoms with Crippen LogP contribution in [0.15, 0.2) is 42.5 Å². The second kappa shape index (κ2) is 8.43. The third-order valence-corrected chi connectivity index (χ3v) is 4.88. The Morgan fingerprint density at radius 1 is 1.23 bits per heavy atom. The molecule has 0 aliphatic carbocycles. The van der Waals surface area contributed by atoms with Crippen molar-refractivity contribution >= 4 is 17.5 Å². The van der Waals surface area contributed by atoms with E-state index >= 15 is 0 Å². The van der Waals surface area contributed by atoms with Gasteiger partial charge in [-0.25, -0.2) is 0 Å². The SMILES string of the molecule is COc1cc(C(=O)N2CCCC2CN)ccc1OCc1ccc(Cl)cc1. The van der Waals surface area contributed by atoms with Crippen LogP contribution in [-0.2, 0) is 6.61 Å². The quantitative estimate of drug-likeness (QED) is 0.840. The summed E-state index contributed by atoms with van der Waals surface area (Å²) < 4.78 is 11.3. The van der Waals surface area contributed by atoms with Crippen LogP contribution < -0.4 is 15.2 Å². The van der Waals surface area contributed by atoms with Crippen molar-refractivity contribution in [3.05, 3.63) is 58.6 Å². The van der Waals surface area contributed by atoms with E-state index < -0.39 is 0 Å².